The van der Waals surface area contributed by atoms with E-state index in [9.17, 15) is 9.90 Å². The van der Waals surface area contributed by atoms with Crippen LogP contribution >= 0.6 is 0 Å². The minimum atomic E-state index is -0.140. The minimum absolute atomic E-state index is 0.0273. The van der Waals surface area contributed by atoms with E-state index in [0.717, 1.165) is 25.7 Å². The summed E-state index contributed by atoms with van der Waals surface area (Å²) in [5, 5.41) is 24.0. The predicted molar refractivity (Wildman–Crippen MR) is 114 cm³/mol. The van der Waals surface area contributed by atoms with Gasteiger partial charge in [0.15, 0.2) is 5.82 Å². The zero-order valence-corrected chi connectivity index (χ0v) is 17.3. The van der Waals surface area contributed by atoms with E-state index in [4.69, 9.17) is 5.26 Å². The second kappa shape index (κ2) is 8.52. The van der Waals surface area contributed by atoms with Gasteiger partial charge in [-0.1, -0.05) is 19.6 Å². The van der Waals surface area contributed by atoms with Gasteiger partial charge in [0, 0.05) is 18.2 Å². The van der Waals surface area contributed by atoms with Crippen molar-refractivity contribution in [3.8, 4) is 11.8 Å². The van der Waals surface area contributed by atoms with Crippen LogP contribution in [0.15, 0.2) is 37.0 Å². The molecule has 1 aliphatic rings. The molecule has 1 heterocycles. The highest BCUT2D eigenvalue weighted by Gasteiger charge is 2.33. The van der Waals surface area contributed by atoms with Gasteiger partial charge in [-0.25, -0.2) is 4.68 Å². The van der Waals surface area contributed by atoms with Crippen LogP contribution in [0.4, 0.5) is 5.82 Å². The van der Waals surface area contributed by atoms with Gasteiger partial charge in [-0.3, -0.25) is 9.69 Å². The fraction of sp³-hybridized carbons (Fsp3) is 0.435. The fourth-order valence-electron chi connectivity index (χ4n) is 3.90. The summed E-state index contributed by atoms with van der Waals surface area (Å²) in [6.07, 6.45) is 5.52. The first-order chi connectivity index (χ1) is 13.8. The number of aliphatic hydroxyl groups excluding tert-OH is 1. The van der Waals surface area contributed by atoms with Crippen LogP contribution in [0.25, 0.3) is 11.4 Å². The van der Waals surface area contributed by atoms with Crippen LogP contribution in [-0.4, -0.2) is 26.8 Å². The number of carbonyl (C=O) groups excluding carboxylic acids is 1. The summed E-state index contributed by atoms with van der Waals surface area (Å²) in [5.74, 6) is 0.939. The summed E-state index contributed by atoms with van der Waals surface area (Å²) in [4.78, 5) is 15.1. The van der Waals surface area contributed by atoms with Crippen molar-refractivity contribution in [1.29, 1.82) is 5.26 Å². The van der Waals surface area contributed by atoms with Gasteiger partial charge in [0.2, 0.25) is 5.91 Å². The molecule has 6 heteroatoms. The molecule has 0 unspecified atom stereocenters. The topological polar surface area (TPSA) is 82.2 Å². The van der Waals surface area contributed by atoms with Crippen LogP contribution in [0.1, 0.15) is 57.6 Å². The van der Waals surface area contributed by atoms with Gasteiger partial charge in [-0.05, 0) is 63.6 Å². The van der Waals surface area contributed by atoms with Gasteiger partial charge >= 0.3 is 0 Å². The molecule has 0 radical (unpaired) electrons. The molecule has 1 N–H and O–H groups in total. The first-order valence-corrected chi connectivity index (χ1v) is 10.1. The Labute approximate surface area is 172 Å². The van der Waals surface area contributed by atoms with E-state index in [1.165, 1.54) is 0 Å². The van der Waals surface area contributed by atoms with Gasteiger partial charge < -0.3 is 5.11 Å². The molecule has 1 aliphatic carbocycles. The first kappa shape index (κ1) is 20.7. The van der Waals surface area contributed by atoms with Crippen LogP contribution < -0.4 is 4.90 Å². The van der Waals surface area contributed by atoms with Gasteiger partial charge in [0.25, 0.3) is 0 Å². The Bertz CT molecular complexity index is 946. The normalized spacial score (nSPS) is 19.0. The monoisotopic (exact) mass is 392 g/mol. The van der Waals surface area contributed by atoms with Crippen molar-refractivity contribution in [2.75, 3.05) is 4.90 Å². The van der Waals surface area contributed by atoms with Gasteiger partial charge in [0.1, 0.15) is 5.76 Å². The van der Waals surface area contributed by atoms with E-state index in [-0.39, 0.29) is 23.6 Å². The van der Waals surface area contributed by atoms with Crippen molar-refractivity contribution < 1.29 is 9.90 Å². The lowest BCUT2D eigenvalue weighted by atomic mass is 9.82. The summed E-state index contributed by atoms with van der Waals surface area (Å²) in [6.45, 7) is 9.78. The van der Waals surface area contributed by atoms with E-state index in [2.05, 4.69) is 24.7 Å². The molecule has 0 bridgehead atoms. The number of nitrogens with zero attached hydrogens (tertiary/aromatic N) is 4. The van der Waals surface area contributed by atoms with Crippen molar-refractivity contribution in [1.82, 2.24) is 9.78 Å². The zero-order chi connectivity index (χ0) is 21.1. The Balaban J connectivity index is 2.01. The summed E-state index contributed by atoms with van der Waals surface area (Å²) in [7, 11) is 0. The van der Waals surface area contributed by atoms with Crippen molar-refractivity contribution in [2.45, 2.75) is 52.5 Å². The number of aromatic nitrogens is 2. The molecule has 1 saturated carbocycles. The average molecular weight is 393 g/mol. The van der Waals surface area contributed by atoms with Crippen LogP contribution in [0.2, 0.25) is 0 Å². The summed E-state index contributed by atoms with van der Waals surface area (Å²) in [5.41, 5.74) is 1.61. The van der Waals surface area contributed by atoms with Crippen LogP contribution in [0.5, 0.6) is 0 Å². The Morgan fingerprint density at radius 1 is 1.34 bits per heavy atom. The Hall–Kier alpha value is -3.07. The molecule has 6 nitrogen and oxygen atoms in total. The van der Waals surface area contributed by atoms with Crippen molar-refractivity contribution in [2.24, 2.45) is 11.8 Å². The van der Waals surface area contributed by atoms with E-state index in [1.54, 1.807) is 34.0 Å². The number of hydrogen-bond donors (Lipinski definition) is 1. The van der Waals surface area contributed by atoms with E-state index < -0.39 is 0 Å². The predicted octanol–water partition coefficient (Wildman–Crippen LogP) is 4.84. The molecule has 1 aromatic heterocycles. The molecule has 0 spiro atoms. The third-order valence-electron chi connectivity index (χ3n) is 5.59. The average Bonchev–Trinajstić information content (AvgIpc) is 3.13. The van der Waals surface area contributed by atoms with Gasteiger partial charge in [0.05, 0.1) is 22.9 Å². The lowest BCUT2D eigenvalue weighted by Gasteiger charge is -2.32. The fourth-order valence-corrected chi connectivity index (χ4v) is 3.90. The van der Waals surface area contributed by atoms with E-state index in [0.29, 0.717) is 28.6 Å². The molecule has 1 aromatic carbocycles. The molecule has 152 valence electrons. The Morgan fingerprint density at radius 3 is 2.62 bits per heavy atom. The Morgan fingerprint density at radius 2 is 2.03 bits per heavy atom. The number of hydrogen-bond acceptors (Lipinski definition) is 4. The number of rotatable bonds is 5. The second-order valence-electron chi connectivity index (χ2n) is 8.18. The highest BCUT2D eigenvalue weighted by Crippen LogP contribution is 2.33. The molecule has 1 fully saturated rings. The van der Waals surface area contributed by atoms with Crippen molar-refractivity contribution in [3.05, 3.63) is 48.2 Å². The minimum Gasteiger partial charge on any atom is -0.508 e. The highest BCUT2D eigenvalue weighted by atomic mass is 16.3. The van der Waals surface area contributed by atoms with Crippen LogP contribution in [0.3, 0.4) is 0 Å². The van der Waals surface area contributed by atoms with Crippen molar-refractivity contribution in [3.63, 3.8) is 0 Å². The van der Waals surface area contributed by atoms with E-state index >= 15 is 0 Å². The lowest BCUT2D eigenvalue weighted by Crippen LogP contribution is -2.42. The third-order valence-corrected chi connectivity index (χ3v) is 5.59. The molecule has 2 aromatic rings. The molecule has 0 saturated heterocycles. The van der Waals surface area contributed by atoms with Crippen LogP contribution in [0, 0.1) is 23.2 Å². The number of amides is 1. The van der Waals surface area contributed by atoms with Crippen LogP contribution in [-0.2, 0) is 4.79 Å². The molecular weight excluding hydrogens is 364 g/mol. The maximum absolute atomic E-state index is 13.4. The quantitative estimate of drug-likeness (QED) is 0.738. The lowest BCUT2D eigenvalue weighted by molar-refractivity contribution is -0.124. The van der Waals surface area contributed by atoms with Gasteiger partial charge in [-0.15, -0.1) is 5.10 Å². The maximum Gasteiger partial charge on any atom is 0.231 e. The molecular formula is C23H28N4O2. The standard InChI is InChI=1S/C23H28N4O2/c1-15(2)27(23(29)19-10-8-16(3)9-11-19)22-21(17(4)28)14-26(25-22)20-7-5-6-18(12-20)13-24/h5-7,12,14-16,19,28H,4,8-11H2,1-3H3. The van der Waals surface area contributed by atoms with E-state index in [1.807, 2.05) is 19.9 Å². The first-order valence-electron chi connectivity index (χ1n) is 10.1. The number of aliphatic hydroxyl groups is 1. The number of nitriles is 1. The SMILES string of the molecule is C=C(O)c1cn(-c2cccc(C#N)c2)nc1N(C(=O)C1CCC(C)CC1)C(C)C. The number of anilines is 1. The largest absolute Gasteiger partial charge is 0.508 e. The smallest absolute Gasteiger partial charge is 0.231 e. The summed E-state index contributed by atoms with van der Waals surface area (Å²) >= 11 is 0. The third kappa shape index (κ3) is 4.34. The number of carbonyl (C=O) groups is 1. The summed E-state index contributed by atoms with van der Waals surface area (Å²) < 4.78 is 1.58. The summed E-state index contributed by atoms with van der Waals surface area (Å²) in [6, 6.07) is 9.03. The van der Waals surface area contributed by atoms with Gasteiger partial charge in [-0.2, -0.15) is 5.26 Å². The Kier molecular flexibility index (Phi) is 6.07. The second-order valence-corrected chi connectivity index (χ2v) is 8.18. The molecule has 1 amide bonds. The molecule has 0 aliphatic heterocycles. The highest BCUT2D eigenvalue weighted by molar-refractivity contribution is 5.96. The molecule has 0 atom stereocenters. The number of benzene rings is 1. The maximum atomic E-state index is 13.4. The molecule has 29 heavy (non-hydrogen) atoms. The zero-order valence-electron chi connectivity index (χ0n) is 17.3. The molecule has 3 rings (SSSR count). The van der Waals surface area contributed by atoms with Crippen molar-refractivity contribution >= 4 is 17.5 Å².